The molecule has 0 saturated heterocycles. The lowest BCUT2D eigenvalue weighted by Gasteiger charge is -1.97. The van der Waals surface area contributed by atoms with E-state index < -0.39 is 5.82 Å². The van der Waals surface area contributed by atoms with Crippen molar-refractivity contribution in [1.29, 1.82) is 0 Å². The van der Waals surface area contributed by atoms with Crippen LogP contribution in [0.4, 0.5) is 4.39 Å². The maximum absolute atomic E-state index is 13.3. The molecule has 0 aliphatic carbocycles. The fraction of sp³-hybridized carbons (Fsp3) is 0.125. The molecule has 15 heavy (non-hydrogen) atoms. The first-order chi connectivity index (χ1) is 7.15. The normalized spacial score (nSPS) is 10.6. The number of hydrogen-bond acceptors (Lipinski definition) is 5. The number of pyridine rings is 1. The molecule has 0 radical (unpaired) electrons. The SMILES string of the molecule is Cc1nnc(Sc2ncc(Br)cc2F)o1. The van der Waals surface area contributed by atoms with Gasteiger partial charge in [-0.2, -0.15) is 0 Å². The number of halogens is 2. The van der Waals surface area contributed by atoms with Gasteiger partial charge >= 0.3 is 0 Å². The predicted octanol–water partition coefficient (Wildman–Crippen LogP) is 2.83. The zero-order valence-electron chi connectivity index (χ0n) is 7.57. The van der Waals surface area contributed by atoms with E-state index in [4.69, 9.17) is 4.42 Å². The molecule has 0 N–H and O–H groups in total. The molecule has 0 spiro atoms. The molecule has 2 aromatic rings. The van der Waals surface area contributed by atoms with E-state index in [1.165, 1.54) is 12.3 Å². The lowest BCUT2D eigenvalue weighted by Crippen LogP contribution is -1.86. The number of hydrogen-bond donors (Lipinski definition) is 0. The van der Waals surface area contributed by atoms with Crippen molar-refractivity contribution in [2.45, 2.75) is 17.2 Å². The van der Waals surface area contributed by atoms with Gasteiger partial charge in [-0.1, -0.05) is 0 Å². The summed E-state index contributed by atoms with van der Waals surface area (Å²) in [7, 11) is 0. The molecule has 0 saturated carbocycles. The van der Waals surface area contributed by atoms with Crippen LogP contribution in [0.25, 0.3) is 0 Å². The summed E-state index contributed by atoms with van der Waals surface area (Å²) in [6.45, 7) is 1.67. The van der Waals surface area contributed by atoms with Crippen LogP contribution >= 0.6 is 27.7 Å². The van der Waals surface area contributed by atoms with Crippen LogP contribution in [-0.2, 0) is 0 Å². The van der Waals surface area contributed by atoms with Crippen molar-refractivity contribution >= 4 is 27.7 Å². The van der Waals surface area contributed by atoms with E-state index >= 15 is 0 Å². The van der Waals surface area contributed by atoms with Crippen molar-refractivity contribution in [3.63, 3.8) is 0 Å². The van der Waals surface area contributed by atoms with E-state index in [2.05, 4.69) is 31.1 Å². The van der Waals surface area contributed by atoms with Crippen molar-refractivity contribution < 1.29 is 8.81 Å². The van der Waals surface area contributed by atoms with Gasteiger partial charge in [0.1, 0.15) is 5.03 Å². The Labute approximate surface area is 97.4 Å². The van der Waals surface area contributed by atoms with Gasteiger partial charge in [0.15, 0.2) is 5.82 Å². The van der Waals surface area contributed by atoms with Crippen molar-refractivity contribution in [2.24, 2.45) is 0 Å². The summed E-state index contributed by atoms with van der Waals surface area (Å²) in [6.07, 6.45) is 1.51. The summed E-state index contributed by atoms with van der Waals surface area (Å²) < 4.78 is 19.0. The summed E-state index contributed by atoms with van der Waals surface area (Å²) >= 11 is 4.12. The Morgan fingerprint density at radius 3 is 2.87 bits per heavy atom. The van der Waals surface area contributed by atoms with Crippen molar-refractivity contribution in [3.8, 4) is 0 Å². The van der Waals surface area contributed by atoms with Crippen molar-refractivity contribution in [2.75, 3.05) is 0 Å². The quantitative estimate of drug-likeness (QED) is 0.851. The largest absolute Gasteiger partial charge is 0.416 e. The second kappa shape index (κ2) is 4.28. The van der Waals surface area contributed by atoms with Crippen LogP contribution < -0.4 is 0 Å². The summed E-state index contributed by atoms with van der Waals surface area (Å²) in [4.78, 5) is 3.90. The van der Waals surface area contributed by atoms with Crippen LogP contribution in [0.2, 0.25) is 0 Å². The highest BCUT2D eigenvalue weighted by atomic mass is 79.9. The van der Waals surface area contributed by atoms with Crippen LogP contribution in [0.1, 0.15) is 5.89 Å². The monoisotopic (exact) mass is 289 g/mol. The fourth-order valence-electron chi connectivity index (χ4n) is 0.879. The average molecular weight is 290 g/mol. The van der Waals surface area contributed by atoms with Gasteiger partial charge in [0.05, 0.1) is 0 Å². The Morgan fingerprint density at radius 2 is 2.27 bits per heavy atom. The standard InChI is InChI=1S/C8H5BrFN3OS/c1-4-12-13-8(14-4)15-7-6(10)2-5(9)3-11-7/h2-3H,1H3. The van der Waals surface area contributed by atoms with E-state index in [0.717, 1.165) is 11.8 Å². The van der Waals surface area contributed by atoms with E-state index in [-0.39, 0.29) is 10.2 Å². The highest BCUT2D eigenvalue weighted by Gasteiger charge is 2.10. The maximum Gasteiger partial charge on any atom is 0.283 e. The molecule has 2 rings (SSSR count). The highest BCUT2D eigenvalue weighted by molar-refractivity contribution is 9.10. The predicted molar refractivity (Wildman–Crippen MR) is 55.1 cm³/mol. The van der Waals surface area contributed by atoms with Gasteiger partial charge in [0.25, 0.3) is 5.22 Å². The molecule has 0 aliphatic rings. The summed E-state index contributed by atoms with van der Waals surface area (Å²) in [5.74, 6) is 0.0141. The Hall–Kier alpha value is -0.950. The Bertz CT molecular complexity index is 490. The molecule has 4 nitrogen and oxygen atoms in total. The average Bonchev–Trinajstić information content (AvgIpc) is 2.56. The Kier molecular flexibility index (Phi) is 3.01. The fourth-order valence-corrected chi connectivity index (χ4v) is 1.85. The molecule has 78 valence electrons. The molecule has 0 unspecified atom stereocenters. The molecule has 0 bridgehead atoms. The summed E-state index contributed by atoms with van der Waals surface area (Å²) in [6, 6.07) is 1.33. The van der Waals surface area contributed by atoms with Gasteiger partial charge in [0, 0.05) is 17.6 Å². The Morgan fingerprint density at radius 1 is 1.47 bits per heavy atom. The number of aromatic nitrogens is 3. The molecule has 0 aromatic carbocycles. The smallest absolute Gasteiger partial charge is 0.283 e. The van der Waals surface area contributed by atoms with Gasteiger partial charge in [-0.15, -0.1) is 10.2 Å². The molecule has 2 aromatic heterocycles. The second-order valence-electron chi connectivity index (χ2n) is 2.63. The zero-order chi connectivity index (χ0) is 10.8. The number of rotatable bonds is 2. The van der Waals surface area contributed by atoms with Crippen LogP contribution in [-0.4, -0.2) is 15.2 Å². The molecule has 0 fully saturated rings. The molecule has 2 heterocycles. The van der Waals surface area contributed by atoms with Crippen LogP contribution in [0.15, 0.2) is 31.4 Å². The van der Waals surface area contributed by atoms with E-state index in [1.807, 2.05) is 0 Å². The maximum atomic E-state index is 13.3. The van der Waals surface area contributed by atoms with Crippen LogP contribution in [0.5, 0.6) is 0 Å². The van der Waals surface area contributed by atoms with Crippen LogP contribution in [0, 0.1) is 12.7 Å². The van der Waals surface area contributed by atoms with Gasteiger partial charge in [-0.05, 0) is 33.8 Å². The molecule has 0 amide bonds. The van der Waals surface area contributed by atoms with Crippen molar-refractivity contribution in [1.82, 2.24) is 15.2 Å². The minimum Gasteiger partial charge on any atom is -0.416 e. The highest BCUT2D eigenvalue weighted by Crippen LogP contribution is 2.27. The minimum absolute atomic E-state index is 0.210. The third-order valence-corrected chi connectivity index (χ3v) is 2.73. The van der Waals surface area contributed by atoms with E-state index in [0.29, 0.717) is 10.4 Å². The van der Waals surface area contributed by atoms with E-state index in [9.17, 15) is 4.39 Å². The van der Waals surface area contributed by atoms with Gasteiger partial charge in [0.2, 0.25) is 5.89 Å². The minimum atomic E-state index is -0.426. The number of nitrogens with zero attached hydrogens (tertiary/aromatic N) is 3. The third kappa shape index (κ3) is 2.54. The summed E-state index contributed by atoms with van der Waals surface area (Å²) in [5.41, 5.74) is 0. The first kappa shape index (κ1) is 10.6. The Balaban J connectivity index is 2.24. The number of aryl methyl sites for hydroxylation is 1. The first-order valence-electron chi connectivity index (χ1n) is 3.94. The molecule has 7 heteroatoms. The lowest BCUT2D eigenvalue weighted by atomic mass is 10.5. The van der Waals surface area contributed by atoms with Crippen molar-refractivity contribution in [3.05, 3.63) is 28.4 Å². The second-order valence-corrected chi connectivity index (χ2v) is 4.49. The van der Waals surface area contributed by atoms with Gasteiger partial charge in [-0.3, -0.25) is 0 Å². The molecular formula is C8H5BrFN3OS. The van der Waals surface area contributed by atoms with Gasteiger partial charge < -0.3 is 4.42 Å². The molecular weight excluding hydrogens is 285 g/mol. The zero-order valence-corrected chi connectivity index (χ0v) is 9.97. The lowest BCUT2D eigenvalue weighted by molar-refractivity contribution is 0.428. The van der Waals surface area contributed by atoms with Crippen LogP contribution in [0.3, 0.4) is 0 Å². The first-order valence-corrected chi connectivity index (χ1v) is 5.55. The van der Waals surface area contributed by atoms with Gasteiger partial charge in [-0.25, -0.2) is 9.37 Å². The molecule has 0 aliphatic heterocycles. The third-order valence-electron chi connectivity index (χ3n) is 1.47. The summed E-state index contributed by atoms with van der Waals surface area (Å²) in [5, 5.41) is 7.85. The van der Waals surface area contributed by atoms with E-state index in [1.54, 1.807) is 6.92 Å². The topological polar surface area (TPSA) is 51.8 Å². The molecule has 0 atom stereocenters.